The highest BCUT2D eigenvalue weighted by atomic mass is 32.1. The summed E-state index contributed by atoms with van der Waals surface area (Å²) in [6.45, 7) is 2.94. The van der Waals surface area contributed by atoms with Gasteiger partial charge in [-0.2, -0.15) is 11.3 Å². The Morgan fingerprint density at radius 1 is 1.60 bits per heavy atom. The van der Waals surface area contributed by atoms with Gasteiger partial charge in [-0.25, -0.2) is 4.98 Å². The van der Waals surface area contributed by atoms with Crippen LogP contribution in [0.4, 0.5) is 0 Å². The van der Waals surface area contributed by atoms with Crippen LogP contribution < -0.4 is 5.73 Å². The van der Waals surface area contributed by atoms with Gasteiger partial charge in [0, 0.05) is 23.5 Å². The Morgan fingerprint density at radius 3 is 3.13 bits per heavy atom. The second kappa shape index (κ2) is 4.59. The molecule has 0 aliphatic rings. The molecule has 2 N–H and O–H groups in total. The Morgan fingerprint density at radius 2 is 2.47 bits per heavy atom. The fraction of sp³-hybridized carbons (Fsp3) is 0.364. The van der Waals surface area contributed by atoms with E-state index in [1.165, 1.54) is 5.56 Å². The van der Waals surface area contributed by atoms with Crippen LogP contribution in [0, 0.1) is 0 Å². The van der Waals surface area contributed by atoms with E-state index in [0.717, 1.165) is 18.7 Å². The first kappa shape index (κ1) is 10.4. The summed E-state index contributed by atoms with van der Waals surface area (Å²) in [4.78, 5) is 4.18. The summed E-state index contributed by atoms with van der Waals surface area (Å²) in [6.07, 6.45) is 4.73. The van der Waals surface area contributed by atoms with Gasteiger partial charge in [-0.1, -0.05) is 6.92 Å². The number of hydrogen-bond donors (Lipinski definition) is 1. The van der Waals surface area contributed by atoms with Gasteiger partial charge in [0.15, 0.2) is 0 Å². The van der Waals surface area contributed by atoms with E-state index >= 15 is 0 Å². The third-order valence-corrected chi connectivity index (χ3v) is 3.17. The summed E-state index contributed by atoms with van der Waals surface area (Å²) in [5.74, 6) is 0. The van der Waals surface area contributed by atoms with E-state index in [0.29, 0.717) is 0 Å². The van der Waals surface area contributed by atoms with E-state index in [9.17, 15) is 0 Å². The van der Waals surface area contributed by atoms with Crippen molar-refractivity contribution in [1.82, 2.24) is 9.55 Å². The van der Waals surface area contributed by atoms with Gasteiger partial charge >= 0.3 is 0 Å². The van der Waals surface area contributed by atoms with Crippen LogP contribution >= 0.6 is 11.3 Å². The van der Waals surface area contributed by atoms with Crippen molar-refractivity contribution < 1.29 is 0 Å². The molecule has 4 heteroatoms. The van der Waals surface area contributed by atoms with Crippen LogP contribution in [0.15, 0.2) is 29.4 Å². The lowest BCUT2D eigenvalue weighted by Crippen LogP contribution is -2.25. The standard InChI is InChI=1S/C11H15N3S/c1-2-10(12)6-14-8-13-5-11(14)9-3-4-15-7-9/h3-5,7-8,10H,2,6,12H2,1H3. The van der Waals surface area contributed by atoms with Gasteiger partial charge in [0.25, 0.3) is 0 Å². The van der Waals surface area contributed by atoms with Gasteiger partial charge in [0.05, 0.1) is 18.2 Å². The average Bonchev–Trinajstić information content (AvgIpc) is 2.86. The van der Waals surface area contributed by atoms with E-state index < -0.39 is 0 Å². The van der Waals surface area contributed by atoms with Crippen LogP contribution in [-0.4, -0.2) is 15.6 Å². The molecule has 0 aromatic carbocycles. The lowest BCUT2D eigenvalue weighted by molar-refractivity contribution is 0.542. The molecule has 3 nitrogen and oxygen atoms in total. The molecule has 0 fully saturated rings. The zero-order valence-electron chi connectivity index (χ0n) is 8.76. The lowest BCUT2D eigenvalue weighted by Gasteiger charge is -2.11. The van der Waals surface area contributed by atoms with Crippen molar-refractivity contribution in [2.24, 2.45) is 5.73 Å². The van der Waals surface area contributed by atoms with Crippen LogP contribution in [-0.2, 0) is 6.54 Å². The molecule has 0 aliphatic heterocycles. The van der Waals surface area contributed by atoms with Crippen LogP contribution in [0.3, 0.4) is 0 Å². The van der Waals surface area contributed by atoms with Crippen molar-refractivity contribution >= 4 is 11.3 Å². The minimum atomic E-state index is 0.205. The predicted octanol–water partition coefficient (Wildman–Crippen LogP) is 2.35. The maximum absolute atomic E-state index is 5.94. The maximum Gasteiger partial charge on any atom is 0.0951 e. The van der Waals surface area contributed by atoms with E-state index in [2.05, 4.69) is 33.3 Å². The molecule has 0 amide bonds. The van der Waals surface area contributed by atoms with E-state index in [1.807, 2.05) is 12.5 Å². The van der Waals surface area contributed by atoms with Crippen LogP contribution in [0.5, 0.6) is 0 Å². The Kier molecular flexibility index (Phi) is 3.18. The van der Waals surface area contributed by atoms with Crippen molar-refractivity contribution in [1.29, 1.82) is 0 Å². The quantitative estimate of drug-likeness (QED) is 0.861. The number of nitrogens with two attached hydrogens (primary N) is 1. The topological polar surface area (TPSA) is 43.8 Å². The number of nitrogens with zero attached hydrogens (tertiary/aromatic N) is 2. The predicted molar refractivity (Wildman–Crippen MR) is 63.8 cm³/mol. The first-order chi connectivity index (χ1) is 7.31. The van der Waals surface area contributed by atoms with Crippen LogP contribution in [0.25, 0.3) is 11.3 Å². The Balaban J connectivity index is 2.23. The van der Waals surface area contributed by atoms with Gasteiger partial charge in [-0.3, -0.25) is 0 Å². The number of aromatic nitrogens is 2. The molecule has 1 unspecified atom stereocenters. The molecule has 15 heavy (non-hydrogen) atoms. The fourth-order valence-corrected chi connectivity index (χ4v) is 2.15. The van der Waals surface area contributed by atoms with Crippen molar-refractivity contribution in [3.05, 3.63) is 29.4 Å². The molecular weight excluding hydrogens is 206 g/mol. The second-order valence-corrected chi connectivity index (χ2v) is 4.39. The van der Waals surface area contributed by atoms with Crippen LogP contribution in [0.1, 0.15) is 13.3 Å². The van der Waals surface area contributed by atoms with E-state index in [-0.39, 0.29) is 6.04 Å². The summed E-state index contributed by atoms with van der Waals surface area (Å²) in [6, 6.07) is 2.31. The molecule has 2 aromatic heterocycles. The molecular formula is C11H15N3S. The van der Waals surface area contributed by atoms with Gasteiger partial charge in [-0.05, 0) is 17.9 Å². The highest BCUT2D eigenvalue weighted by Gasteiger charge is 2.07. The monoisotopic (exact) mass is 221 g/mol. The number of imidazole rings is 1. The third kappa shape index (κ3) is 2.27. The van der Waals surface area contributed by atoms with Gasteiger partial charge in [0.1, 0.15) is 0 Å². The summed E-state index contributed by atoms with van der Waals surface area (Å²) >= 11 is 1.70. The smallest absolute Gasteiger partial charge is 0.0951 e. The summed E-state index contributed by atoms with van der Waals surface area (Å²) in [5.41, 5.74) is 8.32. The molecule has 2 rings (SSSR count). The minimum absolute atomic E-state index is 0.205. The first-order valence-corrected chi connectivity index (χ1v) is 6.03. The summed E-state index contributed by atoms with van der Waals surface area (Å²) < 4.78 is 2.12. The third-order valence-electron chi connectivity index (χ3n) is 2.48. The minimum Gasteiger partial charge on any atom is -0.329 e. The Bertz CT molecular complexity index is 405. The largest absolute Gasteiger partial charge is 0.329 e. The zero-order chi connectivity index (χ0) is 10.7. The maximum atomic E-state index is 5.94. The molecule has 0 spiro atoms. The van der Waals surface area contributed by atoms with Crippen molar-refractivity contribution in [3.63, 3.8) is 0 Å². The van der Waals surface area contributed by atoms with E-state index in [4.69, 9.17) is 5.73 Å². The van der Waals surface area contributed by atoms with Crippen LogP contribution in [0.2, 0.25) is 0 Å². The molecule has 2 heterocycles. The first-order valence-electron chi connectivity index (χ1n) is 5.09. The van der Waals surface area contributed by atoms with Gasteiger partial charge in [0.2, 0.25) is 0 Å². The number of thiophene rings is 1. The van der Waals surface area contributed by atoms with Gasteiger partial charge < -0.3 is 10.3 Å². The number of rotatable bonds is 4. The molecule has 80 valence electrons. The fourth-order valence-electron chi connectivity index (χ4n) is 1.50. The SMILES string of the molecule is CCC(N)Cn1cncc1-c1ccsc1. The van der Waals surface area contributed by atoms with E-state index in [1.54, 1.807) is 11.3 Å². The highest BCUT2D eigenvalue weighted by Crippen LogP contribution is 2.21. The van der Waals surface area contributed by atoms with Crippen molar-refractivity contribution in [3.8, 4) is 11.3 Å². The Labute approximate surface area is 93.6 Å². The molecule has 2 aromatic rings. The molecule has 0 radical (unpaired) electrons. The molecule has 0 saturated carbocycles. The number of hydrogen-bond acceptors (Lipinski definition) is 3. The summed E-state index contributed by atoms with van der Waals surface area (Å²) in [7, 11) is 0. The Hall–Kier alpha value is -1.13. The second-order valence-electron chi connectivity index (χ2n) is 3.61. The molecule has 1 atom stereocenters. The van der Waals surface area contributed by atoms with Crippen molar-refractivity contribution in [2.75, 3.05) is 0 Å². The van der Waals surface area contributed by atoms with Crippen molar-refractivity contribution in [2.45, 2.75) is 25.9 Å². The molecule has 0 aliphatic carbocycles. The normalized spacial score (nSPS) is 12.9. The highest BCUT2D eigenvalue weighted by molar-refractivity contribution is 7.08. The molecule has 0 bridgehead atoms. The average molecular weight is 221 g/mol. The summed E-state index contributed by atoms with van der Waals surface area (Å²) in [5, 5.41) is 4.21. The molecule has 0 saturated heterocycles. The van der Waals surface area contributed by atoms with Gasteiger partial charge in [-0.15, -0.1) is 0 Å². The lowest BCUT2D eigenvalue weighted by atomic mass is 10.2. The zero-order valence-corrected chi connectivity index (χ0v) is 9.57.